The highest BCUT2D eigenvalue weighted by Crippen LogP contribution is 2.23. The molecule has 0 saturated heterocycles. The molecule has 1 aliphatic rings. The lowest BCUT2D eigenvalue weighted by Crippen LogP contribution is -2.21. The minimum Gasteiger partial charge on any atom is -0.325 e. The highest BCUT2D eigenvalue weighted by Gasteiger charge is 2.20. The molecule has 102 valence electrons. The Morgan fingerprint density at radius 2 is 2.16 bits per heavy atom. The van der Waals surface area contributed by atoms with Crippen LogP contribution in [0.5, 0.6) is 0 Å². The number of hydrogen-bond donors (Lipinski definition) is 1. The number of rotatable bonds is 5. The van der Waals surface area contributed by atoms with Crippen LogP contribution in [0.15, 0.2) is 18.2 Å². The largest absolute Gasteiger partial charge is 0.325 e. The van der Waals surface area contributed by atoms with Gasteiger partial charge >= 0.3 is 0 Å². The second-order valence-electron chi connectivity index (χ2n) is 5.96. The molecular formula is C16H23N3. The lowest BCUT2D eigenvalue weighted by atomic mass is 10.2. The summed E-state index contributed by atoms with van der Waals surface area (Å²) in [6.07, 6.45) is 3.71. The fourth-order valence-corrected chi connectivity index (χ4v) is 2.69. The highest BCUT2D eigenvalue weighted by atomic mass is 15.1. The molecule has 0 bridgehead atoms. The molecule has 0 spiro atoms. The summed E-state index contributed by atoms with van der Waals surface area (Å²) < 4.78 is 2.38. The summed E-state index contributed by atoms with van der Waals surface area (Å²) in [5.74, 6) is 1.21. The van der Waals surface area contributed by atoms with Crippen molar-refractivity contribution >= 4 is 11.0 Å². The van der Waals surface area contributed by atoms with Gasteiger partial charge in [0.05, 0.1) is 11.0 Å². The van der Waals surface area contributed by atoms with Crippen molar-refractivity contribution in [1.29, 1.82) is 0 Å². The number of aromatic nitrogens is 2. The van der Waals surface area contributed by atoms with Crippen LogP contribution >= 0.6 is 0 Å². The van der Waals surface area contributed by atoms with Crippen molar-refractivity contribution in [3.05, 3.63) is 29.6 Å². The molecule has 3 rings (SSSR count). The van der Waals surface area contributed by atoms with Crippen molar-refractivity contribution in [3.8, 4) is 0 Å². The van der Waals surface area contributed by atoms with E-state index in [0.29, 0.717) is 6.04 Å². The number of imidazole rings is 1. The summed E-state index contributed by atoms with van der Waals surface area (Å²) in [6.45, 7) is 7.64. The Hall–Kier alpha value is -1.35. The monoisotopic (exact) mass is 257 g/mol. The van der Waals surface area contributed by atoms with E-state index in [1.807, 2.05) is 0 Å². The van der Waals surface area contributed by atoms with Crippen molar-refractivity contribution < 1.29 is 0 Å². The maximum absolute atomic E-state index is 4.83. The topological polar surface area (TPSA) is 29.9 Å². The third kappa shape index (κ3) is 2.66. The van der Waals surface area contributed by atoms with Gasteiger partial charge in [-0.15, -0.1) is 0 Å². The zero-order valence-corrected chi connectivity index (χ0v) is 12.1. The van der Waals surface area contributed by atoms with Gasteiger partial charge in [0.15, 0.2) is 0 Å². The second-order valence-corrected chi connectivity index (χ2v) is 5.96. The first-order valence-corrected chi connectivity index (χ1v) is 7.36. The molecule has 3 nitrogen and oxygen atoms in total. The van der Waals surface area contributed by atoms with E-state index in [0.717, 1.165) is 24.5 Å². The zero-order valence-electron chi connectivity index (χ0n) is 12.1. The van der Waals surface area contributed by atoms with Gasteiger partial charge in [-0.05, 0) is 51.3 Å². The van der Waals surface area contributed by atoms with Gasteiger partial charge in [0, 0.05) is 25.0 Å². The zero-order chi connectivity index (χ0) is 13.4. The molecule has 0 radical (unpaired) electrons. The van der Waals surface area contributed by atoms with Gasteiger partial charge in [-0.1, -0.05) is 6.07 Å². The summed E-state index contributed by atoms with van der Waals surface area (Å²) in [5.41, 5.74) is 3.68. The van der Waals surface area contributed by atoms with Crippen LogP contribution in [0.4, 0.5) is 0 Å². The maximum atomic E-state index is 4.83. The van der Waals surface area contributed by atoms with Crippen molar-refractivity contribution in [3.63, 3.8) is 0 Å². The predicted molar refractivity (Wildman–Crippen MR) is 79.6 cm³/mol. The van der Waals surface area contributed by atoms with Crippen LogP contribution in [-0.2, 0) is 6.42 Å². The van der Waals surface area contributed by atoms with E-state index in [9.17, 15) is 0 Å². The highest BCUT2D eigenvalue weighted by molar-refractivity contribution is 5.77. The molecule has 1 heterocycles. The van der Waals surface area contributed by atoms with Gasteiger partial charge in [0.2, 0.25) is 0 Å². The van der Waals surface area contributed by atoms with Crippen LogP contribution in [0.3, 0.4) is 0 Å². The Kier molecular flexibility index (Phi) is 3.31. The summed E-state index contributed by atoms with van der Waals surface area (Å²) >= 11 is 0. The smallest absolute Gasteiger partial charge is 0.111 e. The lowest BCUT2D eigenvalue weighted by Gasteiger charge is -2.13. The summed E-state index contributed by atoms with van der Waals surface area (Å²) in [5, 5.41) is 3.57. The molecule has 1 aromatic heterocycles. The first-order chi connectivity index (χ1) is 9.15. The van der Waals surface area contributed by atoms with Gasteiger partial charge in [0.1, 0.15) is 5.82 Å². The van der Waals surface area contributed by atoms with Crippen LogP contribution in [0.1, 0.15) is 44.1 Å². The Morgan fingerprint density at radius 1 is 1.37 bits per heavy atom. The maximum Gasteiger partial charge on any atom is 0.111 e. The number of fused-ring (bicyclic) bond motifs is 1. The summed E-state index contributed by atoms with van der Waals surface area (Å²) in [6, 6.07) is 7.80. The Balaban J connectivity index is 1.89. The molecule has 1 aliphatic carbocycles. The lowest BCUT2D eigenvalue weighted by molar-refractivity contribution is 0.568. The Labute approximate surface area is 115 Å². The molecule has 1 fully saturated rings. The van der Waals surface area contributed by atoms with Gasteiger partial charge in [-0.2, -0.15) is 0 Å². The molecule has 0 atom stereocenters. The van der Waals surface area contributed by atoms with Crippen LogP contribution in [0, 0.1) is 6.92 Å². The Bertz CT molecular complexity index is 579. The normalized spacial score (nSPS) is 15.6. The summed E-state index contributed by atoms with van der Waals surface area (Å²) in [4.78, 5) is 4.83. The van der Waals surface area contributed by atoms with Crippen molar-refractivity contribution in [2.24, 2.45) is 0 Å². The second kappa shape index (κ2) is 4.97. The molecule has 1 aromatic carbocycles. The first-order valence-electron chi connectivity index (χ1n) is 7.36. The standard InChI is InChI=1S/C16H23N3/c1-11(2)19-15-7-4-12(3)10-14(15)18-16(19)8-9-17-13-5-6-13/h4,7,10-11,13,17H,5-6,8-9H2,1-3H3. The van der Waals surface area contributed by atoms with Gasteiger partial charge in [-0.25, -0.2) is 4.98 Å². The molecule has 3 heteroatoms. The molecule has 0 aliphatic heterocycles. The van der Waals surface area contributed by atoms with E-state index in [1.165, 1.54) is 29.7 Å². The number of nitrogens with one attached hydrogen (secondary N) is 1. The average molecular weight is 257 g/mol. The van der Waals surface area contributed by atoms with Crippen LogP contribution in [0.25, 0.3) is 11.0 Å². The number of aryl methyl sites for hydroxylation is 1. The van der Waals surface area contributed by atoms with E-state index in [-0.39, 0.29) is 0 Å². The summed E-state index contributed by atoms with van der Waals surface area (Å²) in [7, 11) is 0. The van der Waals surface area contributed by atoms with Gasteiger partial charge in [-0.3, -0.25) is 0 Å². The predicted octanol–water partition coefficient (Wildman–Crippen LogP) is 3.22. The molecule has 0 amide bonds. The van der Waals surface area contributed by atoms with Crippen LogP contribution < -0.4 is 5.32 Å². The first kappa shape index (κ1) is 12.7. The molecular weight excluding hydrogens is 234 g/mol. The van der Waals surface area contributed by atoms with Crippen molar-refractivity contribution in [1.82, 2.24) is 14.9 Å². The van der Waals surface area contributed by atoms with Gasteiger partial charge < -0.3 is 9.88 Å². The molecule has 2 aromatic rings. The number of nitrogens with zero attached hydrogens (tertiary/aromatic N) is 2. The number of hydrogen-bond acceptors (Lipinski definition) is 2. The van der Waals surface area contributed by atoms with Gasteiger partial charge in [0.25, 0.3) is 0 Å². The minimum absolute atomic E-state index is 0.462. The van der Waals surface area contributed by atoms with Crippen molar-refractivity contribution in [2.45, 2.75) is 52.1 Å². The van der Waals surface area contributed by atoms with E-state index < -0.39 is 0 Å². The SMILES string of the molecule is Cc1ccc2c(c1)nc(CCNC1CC1)n2C(C)C. The minimum atomic E-state index is 0.462. The fraction of sp³-hybridized carbons (Fsp3) is 0.562. The third-order valence-electron chi connectivity index (χ3n) is 3.79. The van der Waals surface area contributed by atoms with Crippen molar-refractivity contribution in [2.75, 3.05) is 6.54 Å². The number of benzene rings is 1. The fourth-order valence-electron chi connectivity index (χ4n) is 2.69. The van der Waals surface area contributed by atoms with Crippen LogP contribution in [-0.4, -0.2) is 22.1 Å². The Morgan fingerprint density at radius 3 is 2.84 bits per heavy atom. The third-order valence-corrected chi connectivity index (χ3v) is 3.79. The van der Waals surface area contributed by atoms with E-state index >= 15 is 0 Å². The van der Waals surface area contributed by atoms with Crippen LogP contribution in [0.2, 0.25) is 0 Å². The van der Waals surface area contributed by atoms with E-state index in [1.54, 1.807) is 0 Å². The average Bonchev–Trinajstić information content (AvgIpc) is 3.09. The van der Waals surface area contributed by atoms with E-state index in [4.69, 9.17) is 4.98 Å². The molecule has 1 saturated carbocycles. The molecule has 1 N–H and O–H groups in total. The molecule has 19 heavy (non-hydrogen) atoms. The molecule has 0 unspecified atom stereocenters. The quantitative estimate of drug-likeness (QED) is 0.891. The van der Waals surface area contributed by atoms with E-state index in [2.05, 4.69) is 48.9 Å².